The van der Waals surface area contributed by atoms with Crippen molar-refractivity contribution in [3.8, 4) is 5.75 Å². The predicted molar refractivity (Wildman–Crippen MR) is 79.7 cm³/mol. The SMILES string of the molecule is Cc1cc(NN)nc(COc2cc(Br)cc([N+](=O)[O-])c2)n1. The first-order valence-corrected chi connectivity index (χ1v) is 6.66. The Labute approximate surface area is 128 Å². The summed E-state index contributed by atoms with van der Waals surface area (Å²) in [5, 5.41) is 10.8. The molecule has 0 aliphatic rings. The number of rotatable bonds is 5. The number of non-ortho nitro benzene ring substituents is 1. The van der Waals surface area contributed by atoms with E-state index in [1.54, 1.807) is 19.1 Å². The maximum absolute atomic E-state index is 10.8. The van der Waals surface area contributed by atoms with Gasteiger partial charge in [0.2, 0.25) is 0 Å². The van der Waals surface area contributed by atoms with Gasteiger partial charge in [0.05, 0.1) is 11.0 Å². The fraction of sp³-hybridized carbons (Fsp3) is 0.167. The van der Waals surface area contributed by atoms with Crippen LogP contribution in [0.1, 0.15) is 11.5 Å². The number of benzene rings is 1. The Morgan fingerprint density at radius 1 is 1.38 bits per heavy atom. The third kappa shape index (κ3) is 4.10. The number of hydrogen-bond acceptors (Lipinski definition) is 7. The van der Waals surface area contributed by atoms with Gasteiger partial charge in [0.25, 0.3) is 5.69 Å². The number of aromatic nitrogens is 2. The molecular formula is C12H12BrN5O3. The van der Waals surface area contributed by atoms with Crippen LogP contribution in [0.2, 0.25) is 0 Å². The summed E-state index contributed by atoms with van der Waals surface area (Å²) in [4.78, 5) is 18.6. The van der Waals surface area contributed by atoms with Crippen molar-refractivity contribution in [2.24, 2.45) is 5.84 Å². The summed E-state index contributed by atoms with van der Waals surface area (Å²) in [7, 11) is 0. The molecule has 1 aromatic heterocycles. The van der Waals surface area contributed by atoms with Crippen LogP contribution < -0.4 is 16.0 Å². The Bertz CT molecular complexity index is 680. The van der Waals surface area contributed by atoms with Gasteiger partial charge >= 0.3 is 0 Å². The zero-order valence-corrected chi connectivity index (χ0v) is 12.6. The lowest BCUT2D eigenvalue weighted by molar-refractivity contribution is -0.385. The minimum Gasteiger partial charge on any atom is -0.485 e. The van der Waals surface area contributed by atoms with Gasteiger partial charge in [-0.25, -0.2) is 15.8 Å². The lowest BCUT2D eigenvalue weighted by Gasteiger charge is -2.08. The van der Waals surface area contributed by atoms with E-state index in [-0.39, 0.29) is 12.3 Å². The molecule has 3 N–H and O–H groups in total. The number of nitrogens with one attached hydrogen (secondary N) is 1. The zero-order valence-electron chi connectivity index (χ0n) is 11.0. The smallest absolute Gasteiger partial charge is 0.274 e. The molecule has 8 nitrogen and oxygen atoms in total. The fourth-order valence-electron chi connectivity index (χ4n) is 1.65. The van der Waals surface area contributed by atoms with Crippen molar-refractivity contribution >= 4 is 27.4 Å². The van der Waals surface area contributed by atoms with Crippen molar-refractivity contribution in [1.29, 1.82) is 0 Å². The van der Waals surface area contributed by atoms with Crippen molar-refractivity contribution in [2.45, 2.75) is 13.5 Å². The minimum atomic E-state index is -0.489. The van der Waals surface area contributed by atoms with Crippen molar-refractivity contribution in [1.82, 2.24) is 9.97 Å². The van der Waals surface area contributed by atoms with Gasteiger partial charge in [-0.1, -0.05) is 15.9 Å². The third-order valence-electron chi connectivity index (χ3n) is 2.48. The standard InChI is InChI=1S/C12H12BrN5O3/c1-7-2-11(17-14)16-12(15-7)6-21-10-4-8(13)3-9(5-10)18(19)20/h2-5H,6,14H2,1H3,(H,15,16,17). The second kappa shape index (κ2) is 6.46. The molecule has 0 amide bonds. The van der Waals surface area contributed by atoms with Gasteiger partial charge in [0, 0.05) is 22.3 Å². The van der Waals surface area contributed by atoms with E-state index in [4.69, 9.17) is 10.6 Å². The maximum atomic E-state index is 10.8. The average Bonchev–Trinajstić information content (AvgIpc) is 2.44. The number of nitro benzene ring substituents is 1. The Morgan fingerprint density at radius 3 is 2.81 bits per heavy atom. The monoisotopic (exact) mass is 353 g/mol. The van der Waals surface area contributed by atoms with Crippen LogP contribution in [-0.2, 0) is 6.61 Å². The van der Waals surface area contributed by atoms with Crippen LogP contribution in [0.3, 0.4) is 0 Å². The van der Waals surface area contributed by atoms with Crippen LogP contribution >= 0.6 is 15.9 Å². The number of nitro groups is 1. The summed E-state index contributed by atoms with van der Waals surface area (Å²) in [6, 6.07) is 6.05. The first kappa shape index (κ1) is 15.1. The topological polar surface area (TPSA) is 116 Å². The lowest BCUT2D eigenvalue weighted by Crippen LogP contribution is -2.12. The second-order valence-electron chi connectivity index (χ2n) is 4.15. The number of nitrogen functional groups attached to an aromatic ring is 1. The molecule has 0 fully saturated rings. The highest BCUT2D eigenvalue weighted by Gasteiger charge is 2.10. The molecule has 0 spiro atoms. The van der Waals surface area contributed by atoms with Crippen LogP contribution in [0.25, 0.3) is 0 Å². The highest BCUT2D eigenvalue weighted by molar-refractivity contribution is 9.10. The van der Waals surface area contributed by atoms with E-state index in [0.717, 1.165) is 5.69 Å². The number of anilines is 1. The maximum Gasteiger partial charge on any atom is 0.274 e. The number of nitrogens with zero attached hydrogens (tertiary/aromatic N) is 3. The van der Waals surface area contributed by atoms with Crippen LogP contribution in [0.5, 0.6) is 5.75 Å². The second-order valence-corrected chi connectivity index (χ2v) is 5.06. The Hall–Kier alpha value is -2.26. The molecule has 2 rings (SSSR count). The van der Waals surface area contributed by atoms with Crippen molar-refractivity contribution < 1.29 is 9.66 Å². The highest BCUT2D eigenvalue weighted by Crippen LogP contribution is 2.26. The van der Waals surface area contributed by atoms with Gasteiger partial charge < -0.3 is 10.2 Å². The predicted octanol–water partition coefficient (Wildman–Crippen LogP) is 2.32. The summed E-state index contributed by atoms with van der Waals surface area (Å²) < 4.78 is 6.05. The van der Waals surface area contributed by atoms with Crippen molar-refractivity contribution in [3.63, 3.8) is 0 Å². The summed E-state index contributed by atoms with van der Waals surface area (Å²) in [6.45, 7) is 1.87. The zero-order chi connectivity index (χ0) is 15.4. The first-order valence-electron chi connectivity index (χ1n) is 5.87. The summed E-state index contributed by atoms with van der Waals surface area (Å²) in [6.07, 6.45) is 0. The number of nitrogens with two attached hydrogens (primary N) is 1. The average molecular weight is 354 g/mol. The summed E-state index contributed by atoms with van der Waals surface area (Å²) in [5.41, 5.74) is 3.11. The molecule has 21 heavy (non-hydrogen) atoms. The molecule has 0 aliphatic carbocycles. The first-order chi connectivity index (χ1) is 9.97. The Morgan fingerprint density at radius 2 is 2.14 bits per heavy atom. The molecule has 0 saturated heterocycles. The van der Waals surface area contributed by atoms with E-state index in [2.05, 4.69) is 31.3 Å². The molecule has 0 atom stereocenters. The van der Waals surface area contributed by atoms with Gasteiger partial charge in [-0.3, -0.25) is 10.1 Å². The molecule has 2 aromatic rings. The molecule has 9 heteroatoms. The Balaban J connectivity index is 2.16. The van der Waals surface area contributed by atoms with Crippen LogP contribution in [-0.4, -0.2) is 14.9 Å². The van der Waals surface area contributed by atoms with Crippen LogP contribution in [0.15, 0.2) is 28.7 Å². The van der Waals surface area contributed by atoms with E-state index in [9.17, 15) is 10.1 Å². The molecule has 1 aromatic carbocycles. The number of ether oxygens (including phenoxy) is 1. The molecule has 0 saturated carbocycles. The van der Waals surface area contributed by atoms with Crippen LogP contribution in [0, 0.1) is 17.0 Å². The van der Waals surface area contributed by atoms with E-state index >= 15 is 0 Å². The van der Waals surface area contributed by atoms with Crippen LogP contribution in [0.4, 0.5) is 11.5 Å². The number of hydrazine groups is 1. The molecule has 0 bridgehead atoms. The highest BCUT2D eigenvalue weighted by atomic mass is 79.9. The van der Waals surface area contributed by atoms with Crippen molar-refractivity contribution in [3.05, 3.63) is 50.4 Å². The lowest BCUT2D eigenvalue weighted by atomic mass is 10.3. The fourth-order valence-corrected chi connectivity index (χ4v) is 2.11. The molecule has 110 valence electrons. The van der Waals surface area contributed by atoms with Crippen molar-refractivity contribution in [2.75, 3.05) is 5.43 Å². The largest absolute Gasteiger partial charge is 0.485 e. The molecular weight excluding hydrogens is 342 g/mol. The van der Waals surface area contributed by atoms with Gasteiger partial charge in [-0.15, -0.1) is 0 Å². The molecule has 0 radical (unpaired) electrons. The van der Waals surface area contributed by atoms with Gasteiger partial charge in [-0.05, 0) is 13.0 Å². The summed E-state index contributed by atoms with van der Waals surface area (Å²) >= 11 is 3.20. The van der Waals surface area contributed by atoms with Gasteiger partial charge in [0.1, 0.15) is 18.2 Å². The number of hydrogen-bond donors (Lipinski definition) is 2. The third-order valence-corrected chi connectivity index (χ3v) is 2.94. The van der Waals surface area contributed by atoms with Gasteiger partial charge in [-0.2, -0.15) is 0 Å². The molecule has 0 aliphatic heterocycles. The minimum absolute atomic E-state index is 0.0613. The number of halogens is 1. The van der Waals surface area contributed by atoms with E-state index in [1.165, 1.54) is 12.1 Å². The summed E-state index contributed by atoms with van der Waals surface area (Å²) in [5.74, 6) is 6.55. The van der Waals surface area contributed by atoms with E-state index in [0.29, 0.717) is 21.9 Å². The molecule has 1 heterocycles. The normalized spacial score (nSPS) is 10.2. The van der Waals surface area contributed by atoms with E-state index in [1.807, 2.05) is 0 Å². The molecule has 0 unspecified atom stereocenters. The van der Waals surface area contributed by atoms with Gasteiger partial charge in [0.15, 0.2) is 5.82 Å². The Kier molecular flexibility index (Phi) is 4.66. The number of aryl methyl sites for hydroxylation is 1. The van der Waals surface area contributed by atoms with E-state index < -0.39 is 4.92 Å². The quantitative estimate of drug-likeness (QED) is 0.481.